The number of hydrogen-bond acceptors (Lipinski definition) is 3. The van der Waals surface area contributed by atoms with Crippen molar-refractivity contribution in [2.75, 3.05) is 6.61 Å². The quantitative estimate of drug-likeness (QED) is 0.692. The molecule has 94 valence electrons. The zero-order valence-corrected chi connectivity index (χ0v) is 9.44. The van der Waals surface area contributed by atoms with Crippen LogP contribution < -0.4 is 9.47 Å². The van der Waals surface area contributed by atoms with Gasteiger partial charge in [0.25, 0.3) is 0 Å². The van der Waals surface area contributed by atoms with Crippen LogP contribution in [0.25, 0.3) is 0 Å². The molecule has 0 saturated heterocycles. The highest BCUT2D eigenvalue weighted by molar-refractivity contribution is 5.52. The number of carbonyl (C=O) groups is 1. The van der Waals surface area contributed by atoms with E-state index in [9.17, 15) is 13.6 Å². The van der Waals surface area contributed by atoms with E-state index in [0.717, 1.165) is 6.29 Å². The summed E-state index contributed by atoms with van der Waals surface area (Å²) in [7, 11) is 0. The highest BCUT2D eigenvalue weighted by Crippen LogP contribution is 2.28. The molecule has 1 rings (SSSR count). The van der Waals surface area contributed by atoms with E-state index >= 15 is 0 Å². The third kappa shape index (κ3) is 4.80. The minimum absolute atomic E-state index is 0.00116. The van der Waals surface area contributed by atoms with Crippen molar-refractivity contribution in [1.82, 2.24) is 0 Å². The van der Waals surface area contributed by atoms with Crippen LogP contribution in [0.15, 0.2) is 24.3 Å². The minimum atomic E-state index is -2.88. The molecule has 0 amide bonds. The fraction of sp³-hybridized carbons (Fsp3) is 0.417. The van der Waals surface area contributed by atoms with Gasteiger partial charge in [0, 0.05) is 5.92 Å². The molecule has 0 radical (unpaired) electrons. The van der Waals surface area contributed by atoms with Crippen LogP contribution in [0.5, 0.6) is 11.5 Å². The molecule has 0 bridgehead atoms. The van der Waals surface area contributed by atoms with Gasteiger partial charge in [0.2, 0.25) is 0 Å². The van der Waals surface area contributed by atoms with Crippen molar-refractivity contribution < 1.29 is 23.0 Å². The maximum Gasteiger partial charge on any atom is 0.387 e. The first-order chi connectivity index (χ1) is 8.13. The van der Waals surface area contributed by atoms with E-state index < -0.39 is 6.61 Å². The van der Waals surface area contributed by atoms with E-state index in [-0.39, 0.29) is 24.0 Å². The fourth-order valence-corrected chi connectivity index (χ4v) is 1.19. The number of alkyl halides is 2. The van der Waals surface area contributed by atoms with Gasteiger partial charge in [-0.3, -0.25) is 0 Å². The van der Waals surface area contributed by atoms with E-state index in [1.54, 1.807) is 25.1 Å². The summed E-state index contributed by atoms with van der Waals surface area (Å²) in [5.41, 5.74) is 0. The van der Waals surface area contributed by atoms with Gasteiger partial charge in [-0.2, -0.15) is 8.78 Å². The first-order valence-electron chi connectivity index (χ1n) is 5.25. The molecule has 5 heteroatoms. The molecule has 0 aliphatic rings. The van der Waals surface area contributed by atoms with Crippen LogP contribution in [0.1, 0.15) is 13.3 Å². The molecular weight excluding hydrogens is 230 g/mol. The lowest BCUT2D eigenvalue weighted by Crippen LogP contribution is -2.07. The second-order valence-corrected chi connectivity index (χ2v) is 3.58. The van der Waals surface area contributed by atoms with Crippen LogP contribution in [0.3, 0.4) is 0 Å². The predicted octanol–water partition coefficient (Wildman–Crippen LogP) is 2.89. The number of benzene rings is 1. The van der Waals surface area contributed by atoms with Gasteiger partial charge in [-0.05, 0) is 18.6 Å². The Hall–Kier alpha value is -1.65. The molecular formula is C12H14F2O3. The minimum Gasteiger partial charge on any atom is -0.490 e. The van der Waals surface area contributed by atoms with Crippen molar-refractivity contribution in [1.29, 1.82) is 0 Å². The average molecular weight is 244 g/mol. The van der Waals surface area contributed by atoms with E-state index in [1.165, 1.54) is 6.07 Å². The van der Waals surface area contributed by atoms with Crippen molar-refractivity contribution in [2.45, 2.75) is 20.0 Å². The molecule has 0 unspecified atom stereocenters. The van der Waals surface area contributed by atoms with E-state index in [4.69, 9.17) is 4.74 Å². The van der Waals surface area contributed by atoms with Crippen LogP contribution in [-0.4, -0.2) is 19.5 Å². The number of rotatable bonds is 7. The second-order valence-electron chi connectivity index (χ2n) is 3.58. The molecule has 1 aromatic rings. The lowest BCUT2D eigenvalue weighted by molar-refractivity contribution is -0.111. The lowest BCUT2D eigenvalue weighted by Gasteiger charge is -2.12. The fourth-order valence-electron chi connectivity index (χ4n) is 1.19. The number of hydrogen-bond donors (Lipinski definition) is 0. The summed E-state index contributed by atoms with van der Waals surface area (Å²) in [5.74, 6) is 0.144. The largest absolute Gasteiger partial charge is 0.490 e. The SMILES string of the molecule is C[C@H](C=O)CCOc1ccccc1OC(F)F. The Morgan fingerprint density at radius 3 is 2.53 bits per heavy atom. The maximum atomic E-state index is 12.1. The van der Waals surface area contributed by atoms with Gasteiger partial charge in [0.1, 0.15) is 6.29 Å². The topological polar surface area (TPSA) is 35.5 Å². The van der Waals surface area contributed by atoms with E-state index in [1.807, 2.05) is 0 Å². The Balaban J connectivity index is 2.54. The smallest absolute Gasteiger partial charge is 0.387 e. The highest BCUT2D eigenvalue weighted by atomic mass is 19.3. The number of halogens is 2. The third-order valence-electron chi connectivity index (χ3n) is 2.13. The molecule has 0 N–H and O–H groups in total. The highest BCUT2D eigenvalue weighted by Gasteiger charge is 2.10. The van der Waals surface area contributed by atoms with Crippen LogP contribution in [0, 0.1) is 5.92 Å². The van der Waals surface area contributed by atoms with Crippen LogP contribution in [-0.2, 0) is 4.79 Å². The Morgan fingerprint density at radius 1 is 1.29 bits per heavy atom. The van der Waals surface area contributed by atoms with Gasteiger partial charge in [0.05, 0.1) is 6.61 Å². The Labute approximate surface area is 98.3 Å². The van der Waals surface area contributed by atoms with Crippen molar-refractivity contribution in [3.63, 3.8) is 0 Å². The van der Waals surface area contributed by atoms with Crippen molar-refractivity contribution >= 4 is 6.29 Å². The Kier molecular flexibility index (Phi) is 5.39. The summed E-state index contributed by atoms with van der Waals surface area (Å²) in [6, 6.07) is 6.20. The first-order valence-corrected chi connectivity index (χ1v) is 5.25. The number of ether oxygens (including phenoxy) is 2. The molecule has 0 spiro atoms. The van der Waals surface area contributed by atoms with Crippen LogP contribution in [0.2, 0.25) is 0 Å². The molecule has 1 atom stereocenters. The van der Waals surface area contributed by atoms with Crippen molar-refractivity contribution in [3.05, 3.63) is 24.3 Å². The Bertz CT molecular complexity index is 355. The summed E-state index contributed by atoms with van der Waals surface area (Å²) in [6.07, 6.45) is 1.36. The molecule has 0 saturated carbocycles. The molecule has 0 fully saturated rings. The predicted molar refractivity (Wildman–Crippen MR) is 58.4 cm³/mol. The van der Waals surface area contributed by atoms with Gasteiger partial charge in [-0.1, -0.05) is 19.1 Å². The molecule has 1 aromatic carbocycles. The summed E-state index contributed by atoms with van der Waals surface area (Å²) in [6.45, 7) is -0.838. The van der Waals surface area contributed by atoms with Gasteiger partial charge in [-0.15, -0.1) is 0 Å². The van der Waals surface area contributed by atoms with Crippen molar-refractivity contribution in [3.8, 4) is 11.5 Å². The molecule has 0 heterocycles. The Morgan fingerprint density at radius 2 is 1.94 bits per heavy atom. The normalized spacial score (nSPS) is 12.2. The maximum absolute atomic E-state index is 12.1. The van der Waals surface area contributed by atoms with Gasteiger partial charge in [-0.25, -0.2) is 0 Å². The zero-order chi connectivity index (χ0) is 12.7. The van der Waals surface area contributed by atoms with Gasteiger partial charge < -0.3 is 14.3 Å². The van der Waals surface area contributed by atoms with E-state index in [2.05, 4.69) is 4.74 Å². The molecule has 0 aromatic heterocycles. The zero-order valence-electron chi connectivity index (χ0n) is 9.44. The van der Waals surface area contributed by atoms with Gasteiger partial charge in [0.15, 0.2) is 11.5 Å². The standard InChI is InChI=1S/C12H14F2O3/c1-9(8-15)6-7-16-10-4-2-3-5-11(10)17-12(13)14/h2-5,8-9,12H,6-7H2,1H3/t9-/m0/s1. The monoisotopic (exact) mass is 244 g/mol. The van der Waals surface area contributed by atoms with E-state index in [0.29, 0.717) is 6.42 Å². The first kappa shape index (κ1) is 13.4. The summed E-state index contributed by atoms with van der Waals surface area (Å²) >= 11 is 0. The van der Waals surface area contributed by atoms with Gasteiger partial charge >= 0.3 is 6.61 Å². The summed E-state index contributed by atoms with van der Waals surface area (Å²) in [4.78, 5) is 10.4. The number of para-hydroxylation sites is 2. The van der Waals surface area contributed by atoms with Crippen molar-refractivity contribution in [2.24, 2.45) is 5.92 Å². The molecule has 0 aliphatic heterocycles. The van der Waals surface area contributed by atoms with Crippen LogP contribution in [0.4, 0.5) is 8.78 Å². The lowest BCUT2D eigenvalue weighted by atomic mass is 10.1. The second kappa shape index (κ2) is 6.83. The molecule has 17 heavy (non-hydrogen) atoms. The summed E-state index contributed by atoms with van der Waals surface area (Å²) < 4.78 is 33.8. The molecule has 3 nitrogen and oxygen atoms in total. The molecule has 0 aliphatic carbocycles. The third-order valence-corrected chi connectivity index (χ3v) is 2.13. The number of carbonyl (C=O) groups excluding carboxylic acids is 1. The average Bonchev–Trinajstić information content (AvgIpc) is 2.30. The summed E-state index contributed by atoms with van der Waals surface area (Å²) in [5, 5.41) is 0. The van der Waals surface area contributed by atoms with Crippen LogP contribution >= 0.6 is 0 Å². The number of aldehydes is 1.